The summed E-state index contributed by atoms with van der Waals surface area (Å²) >= 11 is 6.51. The highest BCUT2D eigenvalue weighted by molar-refractivity contribution is 6.32. The second kappa shape index (κ2) is 12.3. The number of carboxylic acid groups (broad SMARTS) is 1. The minimum atomic E-state index is -1.45. The summed E-state index contributed by atoms with van der Waals surface area (Å²) in [5.41, 5.74) is 1.97. The summed E-state index contributed by atoms with van der Waals surface area (Å²) in [5, 5.41) is 11.2. The van der Waals surface area contributed by atoms with Crippen LogP contribution in [0, 0.1) is 22.9 Å². The van der Waals surface area contributed by atoms with Crippen molar-refractivity contribution in [1.82, 2.24) is 9.88 Å². The zero-order valence-electron chi connectivity index (χ0n) is 21.4. The molecule has 1 aliphatic heterocycles. The number of fused-ring (bicyclic) bond motifs is 1. The van der Waals surface area contributed by atoms with E-state index in [1.165, 1.54) is 0 Å². The molecule has 1 N–H and O–H groups in total. The lowest BCUT2D eigenvalue weighted by molar-refractivity contribution is -0.140. The molecule has 0 amide bonds. The van der Waals surface area contributed by atoms with Gasteiger partial charge in [0.25, 0.3) is 0 Å². The SMILES string of the molecule is COc1ccc2ncc(Cl)c(CCCC3(CC(=O)O)CCN(CCCc4cc(F)c(F)c(F)c4)CC3)c2c1. The molecule has 0 atom stereocenters. The van der Waals surface area contributed by atoms with Crippen LogP contribution < -0.4 is 4.74 Å². The van der Waals surface area contributed by atoms with Crippen LogP contribution in [0.4, 0.5) is 13.2 Å². The van der Waals surface area contributed by atoms with Crippen molar-refractivity contribution in [1.29, 1.82) is 0 Å². The molecule has 38 heavy (non-hydrogen) atoms. The number of aliphatic carboxylic acids is 1. The first kappa shape index (κ1) is 28.2. The van der Waals surface area contributed by atoms with Crippen LogP contribution in [0.15, 0.2) is 36.5 Å². The van der Waals surface area contributed by atoms with Gasteiger partial charge in [-0.2, -0.15) is 0 Å². The normalized spacial score (nSPS) is 15.6. The third-order valence-electron chi connectivity index (χ3n) is 7.69. The fourth-order valence-corrected chi connectivity index (χ4v) is 5.81. The fraction of sp³-hybridized carbons (Fsp3) is 0.448. The van der Waals surface area contributed by atoms with Crippen LogP contribution in [0.2, 0.25) is 5.02 Å². The Labute approximate surface area is 225 Å². The number of carbonyl (C=O) groups is 1. The highest BCUT2D eigenvalue weighted by Gasteiger charge is 2.36. The van der Waals surface area contributed by atoms with E-state index < -0.39 is 23.4 Å². The molecule has 2 aromatic carbocycles. The molecule has 0 unspecified atom stereocenters. The number of aromatic nitrogens is 1. The molecular formula is C29H32ClF3N2O3. The predicted octanol–water partition coefficient (Wildman–Crippen LogP) is 6.83. The van der Waals surface area contributed by atoms with Gasteiger partial charge in [0.2, 0.25) is 0 Å². The molecular weight excluding hydrogens is 517 g/mol. The molecule has 2 heterocycles. The molecule has 0 spiro atoms. The van der Waals surface area contributed by atoms with E-state index in [0.717, 1.165) is 79.7 Å². The van der Waals surface area contributed by atoms with Crippen molar-refractivity contribution >= 4 is 28.5 Å². The van der Waals surface area contributed by atoms with Gasteiger partial charge < -0.3 is 14.7 Å². The minimum absolute atomic E-state index is 0.119. The maximum Gasteiger partial charge on any atom is 0.303 e. The van der Waals surface area contributed by atoms with Gasteiger partial charge in [-0.15, -0.1) is 0 Å². The van der Waals surface area contributed by atoms with E-state index in [1.54, 1.807) is 13.3 Å². The van der Waals surface area contributed by atoms with Crippen molar-refractivity contribution < 1.29 is 27.8 Å². The first-order valence-electron chi connectivity index (χ1n) is 12.9. The van der Waals surface area contributed by atoms with E-state index in [2.05, 4.69) is 9.88 Å². The van der Waals surface area contributed by atoms with E-state index in [4.69, 9.17) is 16.3 Å². The van der Waals surface area contributed by atoms with Crippen molar-refractivity contribution in [3.05, 3.63) is 70.1 Å². The average molecular weight is 549 g/mol. The monoisotopic (exact) mass is 548 g/mol. The first-order chi connectivity index (χ1) is 18.2. The van der Waals surface area contributed by atoms with E-state index in [9.17, 15) is 23.1 Å². The minimum Gasteiger partial charge on any atom is -0.497 e. The molecule has 0 aliphatic carbocycles. The maximum atomic E-state index is 13.5. The van der Waals surface area contributed by atoms with Crippen molar-refractivity contribution in [2.75, 3.05) is 26.7 Å². The molecule has 1 aromatic heterocycles. The number of pyridine rings is 1. The number of methoxy groups -OCH3 is 1. The molecule has 4 rings (SSSR count). The van der Waals surface area contributed by atoms with Crippen molar-refractivity contribution in [2.45, 2.75) is 51.4 Å². The molecule has 0 bridgehead atoms. The number of carboxylic acids is 1. The molecule has 0 radical (unpaired) electrons. The number of nitrogens with zero attached hydrogens (tertiary/aromatic N) is 2. The molecule has 3 aromatic rings. The summed E-state index contributed by atoms with van der Waals surface area (Å²) in [7, 11) is 1.61. The van der Waals surface area contributed by atoms with Crippen LogP contribution in [0.25, 0.3) is 10.9 Å². The summed E-state index contributed by atoms with van der Waals surface area (Å²) in [6.07, 6.45) is 6.69. The number of likely N-dealkylation sites (tertiary alicyclic amines) is 1. The van der Waals surface area contributed by atoms with Gasteiger partial charge in [-0.05, 0) is 111 Å². The largest absolute Gasteiger partial charge is 0.497 e. The quantitative estimate of drug-likeness (QED) is 0.266. The second-order valence-corrected chi connectivity index (χ2v) is 10.6. The molecule has 0 saturated carbocycles. The Morgan fingerprint density at radius 2 is 1.82 bits per heavy atom. The summed E-state index contributed by atoms with van der Waals surface area (Å²) < 4.78 is 45.5. The lowest BCUT2D eigenvalue weighted by Crippen LogP contribution is -2.41. The van der Waals surface area contributed by atoms with Crippen LogP contribution in [-0.4, -0.2) is 47.7 Å². The standard InChI is InChI=1S/C29H32ClF3N2O3/c1-38-20-6-7-26-22(16-20)21(23(30)18-34-26)5-2-8-29(17-27(36)37)9-12-35(13-10-29)11-3-4-19-14-24(31)28(33)25(32)15-19/h6-7,14-16,18H,2-5,8-13,17H2,1H3,(H,36,37). The summed E-state index contributed by atoms with van der Waals surface area (Å²) in [4.78, 5) is 18.4. The number of benzene rings is 2. The van der Waals surface area contributed by atoms with Crippen LogP contribution in [-0.2, 0) is 17.6 Å². The zero-order chi connectivity index (χ0) is 27.3. The summed E-state index contributed by atoms with van der Waals surface area (Å²) in [6, 6.07) is 7.78. The zero-order valence-corrected chi connectivity index (χ0v) is 22.2. The lowest BCUT2D eigenvalue weighted by atomic mass is 9.72. The number of aryl methyl sites for hydroxylation is 2. The summed E-state index contributed by atoms with van der Waals surface area (Å²) in [6.45, 7) is 2.25. The molecule has 1 aliphatic rings. The Kier molecular flexibility index (Phi) is 9.15. The highest BCUT2D eigenvalue weighted by Crippen LogP contribution is 2.41. The van der Waals surface area contributed by atoms with E-state index in [-0.39, 0.29) is 11.8 Å². The number of rotatable bonds is 11. The third kappa shape index (κ3) is 6.77. The number of halogens is 4. The topological polar surface area (TPSA) is 62.7 Å². The Morgan fingerprint density at radius 3 is 2.47 bits per heavy atom. The van der Waals surface area contributed by atoms with Crippen LogP contribution in [0.3, 0.4) is 0 Å². The molecule has 1 saturated heterocycles. The van der Waals surface area contributed by atoms with Crippen molar-refractivity contribution in [3.63, 3.8) is 0 Å². The predicted molar refractivity (Wildman–Crippen MR) is 141 cm³/mol. The number of piperidine rings is 1. The van der Waals surface area contributed by atoms with Gasteiger partial charge in [0.1, 0.15) is 5.75 Å². The molecule has 9 heteroatoms. The highest BCUT2D eigenvalue weighted by atomic mass is 35.5. The van der Waals surface area contributed by atoms with Crippen molar-refractivity contribution in [2.24, 2.45) is 5.41 Å². The lowest BCUT2D eigenvalue weighted by Gasteiger charge is -2.41. The van der Waals surface area contributed by atoms with Gasteiger partial charge in [-0.1, -0.05) is 11.6 Å². The van der Waals surface area contributed by atoms with Gasteiger partial charge in [0.15, 0.2) is 17.5 Å². The Bertz CT molecular complexity index is 1270. The van der Waals surface area contributed by atoms with Gasteiger partial charge in [0.05, 0.1) is 24.1 Å². The average Bonchev–Trinajstić information content (AvgIpc) is 2.89. The van der Waals surface area contributed by atoms with Crippen LogP contribution in [0.1, 0.15) is 49.7 Å². The van der Waals surface area contributed by atoms with Gasteiger partial charge in [-0.3, -0.25) is 9.78 Å². The number of ether oxygens (including phenoxy) is 1. The second-order valence-electron chi connectivity index (χ2n) is 10.2. The van der Waals surface area contributed by atoms with Crippen LogP contribution in [0.5, 0.6) is 5.75 Å². The number of hydrogen-bond acceptors (Lipinski definition) is 4. The van der Waals surface area contributed by atoms with E-state index >= 15 is 0 Å². The first-order valence-corrected chi connectivity index (χ1v) is 13.3. The Balaban J connectivity index is 1.34. The molecule has 1 fully saturated rings. The maximum absolute atomic E-state index is 13.5. The molecule has 5 nitrogen and oxygen atoms in total. The van der Waals surface area contributed by atoms with Gasteiger partial charge >= 0.3 is 5.97 Å². The van der Waals surface area contributed by atoms with E-state index in [1.807, 2.05) is 18.2 Å². The Hall–Kier alpha value is -2.84. The third-order valence-corrected chi connectivity index (χ3v) is 8.02. The fourth-order valence-electron chi connectivity index (χ4n) is 5.57. The molecule has 204 valence electrons. The smallest absolute Gasteiger partial charge is 0.303 e. The Morgan fingerprint density at radius 1 is 1.11 bits per heavy atom. The van der Waals surface area contributed by atoms with Gasteiger partial charge in [0, 0.05) is 11.6 Å². The van der Waals surface area contributed by atoms with E-state index in [0.29, 0.717) is 29.8 Å². The van der Waals surface area contributed by atoms with Crippen molar-refractivity contribution in [3.8, 4) is 5.75 Å². The van der Waals surface area contributed by atoms with Crippen LogP contribution >= 0.6 is 11.6 Å². The van der Waals surface area contributed by atoms with Gasteiger partial charge in [-0.25, -0.2) is 13.2 Å². The number of hydrogen-bond donors (Lipinski definition) is 1. The summed E-state index contributed by atoms with van der Waals surface area (Å²) in [5.74, 6) is -3.85.